The smallest absolute Gasteiger partial charge is 0.0615 e. The van der Waals surface area contributed by atoms with E-state index in [-0.39, 0.29) is 5.54 Å². The summed E-state index contributed by atoms with van der Waals surface area (Å²) in [5.41, 5.74) is 0.236. The minimum Gasteiger partial charge on any atom is -0.394 e. The van der Waals surface area contributed by atoms with E-state index in [1.165, 1.54) is 19.4 Å². The maximum Gasteiger partial charge on any atom is 0.0615 e. The molecule has 2 aliphatic heterocycles. The highest BCUT2D eigenvalue weighted by Crippen LogP contribution is 2.49. The molecule has 0 amide bonds. The molecule has 0 unspecified atom stereocenters. The average Bonchev–Trinajstić information content (AvgIpc) is 2.37. The summed E-state index contributed by atoms with van der Waals surface area (Å²) in [7, 11) is 0. The van der Waals surface area contributed by atoms with Crippen LogP contribution in [0.4, 0.5) is 0 Å². The fourth-order valence-electron chi connectivity index (χ4n) is 2.60. The summed E-state index contributed by atoms with van der Waals surface area (Å²) in [5.74, 6) is 0.909. The van der Waals surface area contributed by atoms with Gasteiger partial charge in [-0.1, -0.05) is 6.92 Å². The lowest BCUT2D eigenvalue weighted by Gasteiger charge is -2.40. The maximum atomic E-state index is 9.12. The number of aliphatic hydroxyl groups is 1. The Morgan fingerprint density at radius 2 is 2.30 bits per heavy atom. The Bertz CT molecular complexity index is 137. The van der Waals surface area contributed by atoms with Gasteiger partial charge in [0.1, 0.15) is 0 Å². The molecule has 0 radical (unpaired) electrons. The summed E-state index contributed by atoms with van der Waals surface area (Å²) >= 11 is 0. The van der Waals surface area contributed by atoms with Crippen molar-refractivity contribution in [3.63, 3.8) is 0 Å². The zero-order valence-corrected chi connectivity index (χ0v) is 6.51. The molecule has 2 nitrogen and oxygen atoms in total. The average molecular weight is 141 g/mol. The Hall–Kier alpha value is -0.0800. The lowest BCUT2D eigenvalue weighted by Crippen LogP contribution is -2.48. The Balaban J connectivity index is 2.10. The van der Waals surface area contributed by atoms with Crippen LogP contribution < -0.4 is 0 Å². The van der Waals surface area contributed by atoms with Crippen molar-refractivity contribution in [3.05, 3.63) is 0 Å². The third kappa shape index (κ3) is 0.611. The molecular formula is C8H15NO. The van der Waals surface area contributed by atoms with Crippen molar-refractivity contribution in [1.82, 2.24) is 4.90 Å². The second kappa shape index (κ2) is 1.95. The Morgan fingerprint density at radius 3 is 2.70 bits per heavy atom. The fraction of sp³-hybridized carbons (Fsp3) is 1.00. The van der Waals surface area contributed by atoms with E-state index >= 15 is 0 Å². The van der Waals surface area contributed by atoms with Crippen LogP contribution >= 0.6 is 0 Å². The van der Waals surface area contributed by atoms with E-state index in [4.69, 9.17) is 5.11 Å². The number of aliphatic hydroxyl groups excluding tert-OH is 1. The lowest BCUT2D eigenvalue weighted by molar-refractivity contribution is 0.0407. The summed E-state index contributed by atoms with van der Waals surface area (Å²) < 4.78 is 0. The number of rotatable bonds is 2. The van der Waals surface area contributed by atoms with Gasteiger partial charge in [0.15, 0.2) is 0 Å². The molecule has 0 aromatic heterocycles. The second-order valence-electron chi connectivity index (χ2n) is 3.70. The van der Waals surface area contributed by atoms with Crippen molar-refractivity contribution in [1.29, 1.82) is 0 Å². The van der Waals surface area contributed by atoms with Crippen LogP contribution in [-0.2, 0) is 0 Å². The van der Waals surface area contributed by atoms with Crippen LogP contribution in [0.25, 0.3) is 0 Å². The quantitative estimate of drug-likeness (QED) is 0.604. The Kier molecular flexibility index (Phi) is 1.29. The minimum absolute atomic E-state index is 0.236. The molecular weight excluding hydrogens is 126 g/mol. The molecule has 1 aliphatic carbocycles. The van der Waals surface area contributed by atoms with Gasteiger partial charge in [-0.25, -0.2) is 0 Å². The first-order valence-electron chi connectivity index (χ1n) is 4.16. The van der Waals surface area contributed by atoms with Gasteiger partial charge >= 0.3 is 0 Å². The van der Waals surface area contributed by atoms with Gasteiger partial charge in [0.25, 0.3) is 0 Å². The van der Waals surface area contributed by atoms with Gasteiger partial charge in [0, 0.05) is 12.1 Å². The van der Waals surface area contributed by atoms with Crippen LogP contribution in [0.2, 0.25) is 0 Å². The summed E-state index contributed by atoms with van der Waals surface area (Å²) in [5, 5.41) is 9.12. The molecule has 2 heteroatoms. The third-order valence-electron chi connectivity index (χ3n) is 3.16. The molecule has 0 aromatic rings. The van der Waals surface area contributed by atoms with Crippen molar-refractivity contribution in [3.8, 4) is 0 Å². The molecule has 10 heavy (non-hydrogen) atoms. The molecule has 1 saturated carbocycles. The van der Waals surface area contributed by atoms with E-state index in [0.717, 1.165) is 12.5 Å². The number of hydrogen-bond acceptors (Lipinski definition) is 2. The SMILES string of the molecule is CCN1CC2CC1(CO)C2. The van der Waals surface area contributed by atoms with E-state index in [9.17, 15) is 0 Å². The van der Waals surface area contributed by atoms with Gasteiger partial charge in [0.2, 0.25) is 0 Å². The van der Waals surface area contributed by atoms with E-state index < -0.39 is 0 Å². The number of nitrogens with zero attached hydrogens (tertiary/aromatic N) is 1. The molecule has 3 rings (SSSR count). The molecule has 3 aliphatic rings. The van der Waals surface area contributed by atoms with Crippen molar-refractivity contribution >= 4 is 0 Å². The second-order valence-corrected chi connectivity index (χ2v) is 3.70. The molecule has 0 atom stereocenters. The van der Waals surface area contributed by atoms with Crippen molar-refractivity contribution < 1.29 is 5.11 Å². The van der Waals surface area contributed by atoms with Crippen LogP contribution in [0.3, 0.4) is 0 Å². The third-order valence-corrected chi connectivity index (χ3v) is 3.16. The Labute approximate surface area is 61.8 Å². The summed E-state index contributed by atoms with van der Waals surface area (Å²) in [6.45, 7) is 4.89. The largest absolute Gasteiger partial charge is 0.394 e. The van der Waals surface area contributed by atoms with Gasteiger partial charge in [0.05, 0.1) is 6.61 Å². The lowest BCUT2D eigenvalue weighted by atomic mass is 9.74. The normalized spacial score (nSPS) is 45.6. The highest BCUT2D eigenvalue weighted by molar-refractivity contribution is 5.09. The molecule has 1 N–H and O–H groups in total. The van der Waals surface area contributed by atoms with Crippen LogP contribution in [0, 0.1) is 5.92 Å². The predicted molar refractivity (Wildman–Crippen MR) is 39.8 cm³/mol. The molecule has 2 saturated heterocycles. The van der Waals surface area contributed by atoms with Crippen LogP contribution in [-0.4, -0.2) is 35.2 Å². The van der Waals surface area contributed by atoms with Gasteiger partial charge in [-0.15, -0.1) is 0 Å². The number of likely N-dealkylation sites (N-methyl/N-ethyl adjacent to an activating group) is 1. The predicted octanol–water partition coefficient (Wildman–Crippen LogP) is 0.463. The van der Waals surface area contributed by atoms with Crippen LogP contribution in [0.15, 0.2) is 0 Å². The van der Waals surface area contributed by atoms with Crippen molar-refractivity contribution in [2.75, 3.05) is 19.7 Å². The van der Waals surface area contributed by atoms with Gasteiger partial charge in [-0.3, -0.25) is 4.90 Å². The molecule has 2 heterocycles. The van der Waals surface area contributed by atoms with Crippen molar-refractivity contribution in [2.24, 2.45) is 5.92 Å². The van der Waals surface area contributed by atoms with Crippen LogP contribution in [0.5, 0.6) is 0 Å². The minimum atomic E-state index is 0.236. The van der Waals surface area contributed by atoms with Gasteiger partial charge in [-0.2, -0.15) is 0 Å². The Morgan fingerprint density at radius 1 is 1.60 bits per heavy atom. The van der Waals surface area contributed by atoms with E-state index in [1.54, 1.807) is 0 Å². The molecule has 0 spiro atoms. The summed E-state index contributed by atoms with van der Waals surface area (Å²) in [4.78, 5) is 2.43. The maximum absolute atomic E-state index is 9.12. The van der Waals surface area contributed by atoms with Crippen LogP contribution in [0.1, 0.15) is 19.8 Å². The van der Waals surface area contributed by atoms with Gasteiger partial charge < -0.3 is 5.11 Å². The number of fused-ring (bicyclic) bond motifs is 1. The zero-order chi connectivity index (χ0) is 7.19. The fourth-order valence-corrected chi connectivity index (χ4v) is 2.60. The molecule has 0 aromatic carbocycles. The highest BCUT2D eigenvalue weighted by atomic mass is 16.3. The van der Waals surface area contributed by atoms with Crippen molar-refractivity contribution in [2.45, 2.75) is 25.3 Å². The van der Waals surface area contributed by atoms with E-state index in [2.05, 4.69) is 11.8 Å². The summed E-state index contributed by atoms with van der Waals surface area (Å²) in [6, 6.07) is 0. The highest BCUT2D eigenvalue weighted by Gasteiger charge is 2.54. The summed E-state index contributed by atoms with van der Waals surface area (Å²) in [6.07, 6.45) is 2.49. The molecule has 58 valence electrons. The van der Waals surface area contributed by atoms with E-state index in [1.807, 2.05) is 0 Å². The first-order valence-corrected chi connectivity index (χ1v) is 4.16. The zero-order valence-electron chi connectivity index (χ0n) is 6.51. The molecule has 2 bridgehead atoms. The molecule has 3 fully saturated rings. The topological polar surface area (TPSA) is 23.5 Å². The van der Waals surface area contributed by atoms with Gasteiger partial charge in [-0.05, 0) is 25.3 Å². The number of hydrogen-bond donors (Lipinski definition) is 1. The van der Waals surface area contributed by atoms with E-state index in [0.29, 0.717) is 6.61 Å². The standard InChI is InChI=1S/C8H15NO/c1-2-9-5-7-3-8(9,4-7)6-10/h7,10H,2-6H2,1H3. The first kappa shape index (κ1) is 6.62. The monoisotopic (exact) mass is 141 g/mol. The first-order chi connectivity index (χ1) is 4.80.